The Balaban J connectivity index is 2.80. The van der Waals surface area contributed by atoms with Crippen LogP contribution in [0.1, 0.15) is 64.0 Å². The lowest BCUT2D eigenvalue weighted by Crippen LogP contribution is -2.42. The van der Waals surface area contributed by atoms with E-state index >= 15 is 0 Å². The summed E-state index contributed by atoms with van der Waals surface area (Å²) in [6.07, 6.45) is 2.28. The van der Waals surface area contributed by atoms with Crippen LogP contribution in [0.15, 0.2) is 18.2 Å². The topological polar surface area (TPSA) is 78.4 Å². The van der Waals surface area contributed by atoms with Crippen molar-refractivity contribution in [2.24, 2.45) is 5.41 Å². The summed E-state index contributed by atoms with van der Waals surface area (Å²) in [6, 6.07) is 5.83. The average molecular weight is 348 g/mol. The molecule has 25 heavy (non-hydrogen) atoms. The Morgan fingerprint density at radius 3 is 2.32 bits per heavy atom. The largest absolute Gasteiger partial charge is 0.396 e. The first-order valence-electron chi connectivity index (χ1n) is 9.09. The summed E-state index contributed by atoms with van der Waals surface area (Å²) in [7, 11) is 0. The van der Waals surface area contributed by atoms with Gasteiger partial charge in [0.1, 0.15) is 0 Å². The number of hydrogen-bond donors (Lipinski definition) is 3. The van der Waals surface area contributed by atoms with Crippen LogP contribution in [0.3, 0.4) is 0 Å². The standard InChI is InChI=1S/C20H32N2O3/c1-6-20(7-2,11-12-23)13-21-18(24)19(25)22-17-15(5)9-8-10-16(17)14(3)4/h8-10,14,23H,6-7,11-13H2,1-5H3,(H,21,24)(H,22,25). The van der Waals surface area contributed by atoms with Crippen LogP contribution in [-0.4, -0.2) is 30.1 Å². The van der Waals surface area contributed by atoms with Crippen LogP contribution < -0.4 is 10.6 Å². The molecule has 0 saturated carbocycles. The second-order valence-corrected chi connectivity index (χ2v) is 7.01. The first kappa shape index (κ1) is 21.2. The van der Waals surface area contributed by atoms with Gasteiger partial charge in [-0.05, 0) is 48.6 Å². The van der Waals surface area contributed by atoms with Gasteiger partial charge in [-0.3, -0.25) is 9.59 Å². The van der Waals surface area contributed by atoms with Gasteiger partial charge in [-0.1, -0.05) is 45.9 Å². The highest BCUT2D eigenvalue weighted by molar-refractivity contribution is 6.39. The van der Waals surface area contributed by atoms with Crippen LogP contribution in [0.2, 0.25) is 0 Å². The van der Waals surface area contributed by atoms with E-state index < -0.39 is 11.8 Å². The maximum atomic E-state index is 12.3. The van der Waals surface area contributed by atoms with Crippen molar-refractivity contribution in [2.45, 2.75) is 59.8 Å². The predicted octanol–water partition coefficient (Wildman–Crippen LogP) is 3.36. The number of para-hydroxylation sites is 1. The minimum Gasteiger partial charge on any atom is -0.396 e. The number of aliphatic hydroxyl groups is 1. The zero-order chi connectivity index (χ0) is 19.0. The quantitative estimate of drug-likeness (QED) is 0.630. The Morgan fingerprint density at radius 1 is 1.16 bits per heavy atom. The second-order valence-electron chi connectivity index (χ2n) is 7.01. The minimum atomic E-state index is -0.652. The fraction of sp³-hybridized carbons (Fsp3) is 0.600. The number of aliphatic hydroxyl groups excluding tert-OH is 1. The van der Waals surface area contributed by atoms with Gasteiger partial charge < -0.3 is 15.7 Å². The summed E-state index contributed by atoms with van der Waals surface area (Å²) >= 11 is 0. The lowest BCUT2D eigenvalue weighted by atomic mass is 9.79. The highest BCUT2D eigenvalue weighted by Crippen LogP contribution is 2.29. The summed E-state index contributed by atoms with van der Waals surface area (Å²) in [5.74, 6) is -1.04. The number of benzene rings is 1. The molecule has 0 aliphatic rings. The zero-order valence-corrected chi connectivity index (χ0v) is 16.1. The number of aryl methyl sites for hydroxylation is 1. The summed E-state index contributed by atoms with van der Waals surface area (Å²) in [5, 5.41) is 14.8. The normalized spacial score (nSPS) is 11.5. The van der Waals surface area contributed by atoms with Crippen molar-refractivity contribution in [3.05, 3.63) is 29.3 Å². The predicted molar refractivity (Wildman–Crippen MR) is 102 cm³/mol. The lowest BCUT2D eigenvalue weighted by molar-refractivity contribution is -0.136. The van der Waals surface area contributed by atoms with E-state index in [1.165, 1.54) is 0 Å². The van der Waals surface area contributed by atoms with E-state index in [-0.39, 0.29) is 17.9 Å². The van der Waals surface area contributed by atoms with E-state index in [0.717, 1.165) is 24.0 Å². The molecule has 0 atom stereocenters. The molecule has 0 saturated heterocycles. The van der Waals surface area contributed by atoms with E-state index in [1.54, 1.807) is 0 Å². The van der Waals surface area contributed by atoms with E-state index in [9.17, 15) is 14.7 Å². The SMILES string of the molecule is CCC(CC)(CCO)CNC(=O)C(=O)Nc1c(C)cccc1C(C)C. The highest BCUT2D eigenvalue weighted by atomic mass is 16.3. The summed E-state index contributed by atoms with van der Waals surface area (Å²) in [6.45, 7) is 10.6. The Hall–Kier alpha value is -1.88. The van der Waals surface area contributed by atoms with Gasteiger partial charge in [-0.25, -0.2) is 0 Å². The zero-order valence-electron chi connectivity index (χ0n) is 16.1. The monoisotopic (exact) mass is 348 g/mol. The van der Waals surface area contributed by atoms with Gasteiger partial charge in [-0.15, -0.1) is 0 Å². The Kier molecular flexibility index (Phi) is 8.10. The number of rotatable bonds is 8. The van der Waals surface area contributed by atoms with E-state index in [4.69, 9.17) is 0 Å². The Morgan fingerprint density at radius 2 is 1.80 bits per heavy atom. The van der Waals surface area contributed by atoms with Gasteiger partial charge in [0, 0.05) is 18.8 Å². The minimum absolute atomic E-state index is 0.0741. The van der Waals surface area contributed by atoms with Gasteiger partial charge in [0.05, 0.1) is 0 Å². The van der Waals surface area contributed by atoms with Gasteiger partial charge in [-0.2, -0.15) is 0 Å². The van der Waals surface area contributed by atoms with Gasteiger partial charge >= 0.3 is 11.8 Å². The molecule has 0 aliphatic carbocycles. The average Bonchev–Trinajstić information content (AvgIpc) is 2.59. The fourth-order valence-corrected chi connectivity index (χ4v) is 3.04. The van der Waals surface area contributed by atoms with Gasteiger partial charge in [0.25, 0.3) is 0 Å². The first-order chi connectivity index (χ1) is 11.8. The third kappa shape index (κ3) is 5.56. The van der Waals surface area contributed by atoms with Crippen molar-refractivity contribution in [3.63, 3.8) is 0 Å². The van der Waals surface area contributed by atoms with Crippen LogP contribution in [0, 0.1) is 12.3 Å². The van der Waals surface area contributed by atoms with Crippen LogP contribution >= 0.6 is 0 Å². The Labute approximate surface area is 151 Å². The highest BCUT2D eigenvalue weighted by Gasteiger charge is 2.27. The molecule has 5 nitrogen and oxygen atoms in total. The molecule has 3 N–H and O–H groups in total. The van der Waals surface area contributed by atoms with Crippen LogP contribution in [0.4, 0.5) is 5.69 Å². The van der Waals surface area contributed by atoms with E-state index in [0.29, 0.717) is 18.7 Å². The number of amides is 2. The molecule has 0 aromatic heterocycles. The van der Waals surface area contributed by atoms with Crippen molar-refractivity contribution >= 4 is 17.5 Å². The molecule has 1 rings (SSSR count). The molecule has 140 valence electrons. The molecule has 0 aliphatic heterocycles. The molecule has 1 aromatic carbocycles. The molecule has 0 fully saturated rings. The fourth-order valence-electron chi connectivity index (χ4n) is 3.04. The third-order valence-corrected chi connectivity index (χ3v) is 5.14. The van der Waals surface area contributed by atoms with Crippen molar-refractivity contribution in [1.29, 1.82) is 0 Å². The van der Waals surface area contributed by atoms with Crippen molar-refractivity contribution in [3.8, 4) is 0 Å². The van der Waals surface area contributed by atoms with Gasteiger partial charge in [0.2, 0.25) is 0 Å². The van der Waals surface area contributed by atoms with Crippen LogP contribution in [0.25, 0.3) is 0 Å². The Bertz CT molecular complexity index is 593. The molecule has 1 aromatic rings. The van der Waals surface area contributed by atoms with E-state index in [1.807, 2.05) is 39.0 Å². The van der Waals surface area contributed by atoms with Crippen molar-refractivity contribution in [2.75, 3.05) is 18.5 Å². The molecule has 0 unspecified atom stereocenters. The number of carbonyl (C=O) groups is 2. The summed E-state index contributed by atoms with van der Waals surface area (Å²) in [4.78, 5) is 24.6. The molecular weight excluding hydrogens is 316 g/mol. The van der Waals surface area contributed by atoms with Crippen molar-refractivity contribution < 1.29 is 14.7 Å². The summed E-state index contributed by atoms with van der Waals surface area (Å²) in [5.41, 5.74) is 2.49. The van der Waals surface area contributed by atoms with Gasteiger partial charge in [0.15, 0.2) is 0 Å². The summed E-state index contributed by atoms with van der Waals surface area (Å²) < 4.78 is 0. The molecule has 0 spiro atoms. The molecule has 0 bridgehead atoms. The number of carbonyl (C=O) groups excluding carboxylic acids is 2. The smallest absolute Gasteiger partial charge is 0.313 e. The number of nitrogens with one attached hydrogen (secondary N) is 2. The van der Waals surface area contributed by atoms with E-state index in [2.05, 4.69) is 24.5 Å². The second kappa shape index (κ2) is 9.56. The van der Waals surface area contributed by atoms with Crippen LogP contribution in [-0.2, 0) is 9.59 Å². The molecule has 2 amide bonds. The number of anilines is 1. The molecular formula is C20H32N2O3. The first-order valence-corrected chi connectivity index (χ1v) is 9.09. The molecule has 5 heteroatoms. The number of hydrogen-bond acceptors (Lipinski definition) is 3. The van der Waals surface area contributed by atoms with Crippen LogP contribution in [0.5, 0.6) is 0 Å². The maximum absolute atomic E-state index is 12.3. The molecule has 0 heterocycles. The lowest BCUT2D eigenvalue weighted by Gasteiger charge is -2.31. The molecule has 0 radical (unpaired) electrons. The maximum Gasteiger partial charge on any atom is 0.313 e. The van der Waals surface area contributed by atoms with Crippen molar-refractivity contribution in [1.82, 2.24) is 5.32 Å². The third-order valence-electron chi connectivity index (χ3n) is 5.14.